The van der Waals surface area contributed by atoms with Crippen LogP contribution in [0.15, 0.2) is 6.07 Å². The molecule has 0 aromatic carbocycles. The number of aryl methyl sites for hydroxylation is 2. The van der Waals surface area contributed by atoms with Crippen molar-refractivity contribution in [1.82, 2.24) is 9.97 Å². The normalized spacial score (nSPS) is 12.5. The molecule has 0 saturated heterocycles. The second-order valence-electron chi connectivity index (χ2n) is 4.24. The molecule has 0 aliphatic rings. The van der Waals surface area contributed by atoms with Gasteiger partial charge in [0.1, 0.15) is 11.6 Å². The van der Waals surface area contributed by atoms with Crippen molar-refractivity contribution in [2.75, 3.05) is 23.5 Å². The maximum atomic E-state index is 4.52. The Morgan fingerprint density at radius 3 is 2.65 bits per heavy atom. The predicted octanol–water partition coefficient (Wildman–Crippen LogP) is 2.93. The molecule has 1 aromatic rings. The molecular formula is C13H23N3S. The number of anilines is 1. The molecule has 0 fully saturated rings. The highest BCUT2D eigenvalue weighted by Crippen LogP contribution is 2.16. The van der Waals surface area contributed by atoms with Crippen molar-refractivity contribution in [3.05, 3.63) is 17.6 Å². The third-order valence-electron chi connectivity index (χ3n) is 2.83. The zero-order chi connectivity index (χ0) is 12.8. The number of thioether (sulfide) groups is 1. The van der Waals surface area contributed by atoms with Crippen molar-refractivity contribution >= 4 is 17.6 Å². The van der Waals surface area contributed by atoms with E-state index in [0.29, 0.717) is 6.04 Å². The smallest absolute Gasteiger partial charge is 0.132 e. The van der Waals surface area contributed by atoms with Crippen LogP contribution in [0.2, 0.25) is 0 Å². The van der Waals surface area contributed by atoms with Gasteiger partial charge in [0.2, 0.25) is 0 Å². The molecule has 1 atom stereocenters. The first-order valence-electron chi connectivity index (χ1n) is 6.23. The summed E-state index contributed by atoms with van der Waals surface area (Å²) < 4.78 is 0. The minimum Gasteiger partial charge on any atom is -0.356 e. The van der Waals surface area contributed by atoms with Gasteiger partial charge in [0.25, 0.3) is 0 Å². The topological polar surface area (TPSA) is 29.0 Å². The Hall–Kier alpha value is -0.770. The van der Waals surface area contributed by atoms with Gasteiger partial charge in [0.15, 0.2) is 0 Å². The molecule has 0 spiro atoms. The summed E-state index contributed by atoms with van der Waals surface area (Å²) in [5.41, 5.74) is 1.12. The molecule has 3 nitrogen and oxygen atoms in total. The third kappa shape index (κ3) is 4.19. The van der Waals surface area contributed by atoms with Crippen molar-refractivity contribution in [3.63, 3.8) is 0 Å². The van der Waals surface area contributed by atoms with Gasteiger partial charge in [-0.25, -0.2) is 9.97 Å². The molecule has 4 heteroatoms. The van der Waals surface area contributed by atoms with Gasteiger partial charge < -0.3 is 4.90 Å². The van der Waals surface area contributed by atoms with E-state index in [0.717, 1.165) is 29.5 Å². The lowest BCUT2D eigenvalue weighted by Gasteiger charge is -2.26. The Kier molecular flexibility index (Phi) is 5.75. The van der Waals surface area contributed by atoms with Crippen molar-refractivity contribution < 1.29 is 0 Å². The fourth-order valence-corrected chi connectivity index (χ4v) is 2.40. The van der Waals surface area contributed by atoms with Gasteiger partial charge in [-0.3, -0.25) is 0 Å². The Labute approximate surface area is 109 Å². The molecule has 96 valence electrons. The maximum absolute atomic E-state index is 4.52. The summed E-state index contributed by atoms with van der Waals surface area (Å²) >= 11 is 1.97. The summed E-state index contributed by atoms with van der Waals surface area (Å²) in [7, 11) is 2.11. The number of hydrogen-bond donors (Lipinski definition) is 0. The molecule has 0 radical (unpaired) electrons. The van der Waals surface area contributed by atoms with Gasteiger partial charge >= 0.3 is 0 Å². The first kappa shape index (κ1) is 14.3. The molecule has 0 bridgehead atoms. The van der Waals surface area contributed by atoms with Crippen molar-refractivity contribution in [2.45, 2.75) is 40.2 Å². The molecule has 1 unspecified atom stereocenters. The van der Waals surface area contributed by atoms with Gasteiger partial charge in [-0.1, -0.05) is 13.8 Å². The average molecular weight is 253 g/mol. The SMILES string of the molecule is CCSCC(C)N(C)c1cc(CC)nc(C)n1. The Balaban J connectivity index is 2.80. The summed E-state index contributed by atoms with van der Waals surface area (Å²) in [5.74, 6) is 4.21. The fourth-order valence-electron chi connectivity index (χ4n) is 1.60. The van der Waals surface area contributed by atoms with E-state index in [1.54, 1.807) is 0 Å². The van der Waals surface area contributed by atoms with Gasteiger partial charge in [0, 0.05) is 30.6 Å². The van der Waals surface area contributed by atoms with Gasteiger partial charge in [-0.15, -0.1) is 0 Å². The summed E-state index contributed by atoms with van der Waals surface area (Å²) in [6, 6.07) is 2.60. The minimum atomic E-state index is 0.499. The first-order valence-corrected chi connectivity index (χ1v) is 7.39. The van der Waals surface area contributed by atoms with Gasteiger partial charge in [0.05, 0.1) is 0 Å². The van der Waals surface area contributed by atoms with Crippen LogP contribution in [-0.2, 0) is 6.42 Å². The highest BCUT2D eigenvalue weighted by molar-refractivity contribution is 7.99. The largest absolute Gasteiger partial charge is 0.356 e. The second-order valence-corrected chi connectivity index (χ2v) is 5.56. The van der Waals surface area contributed by atoms with E-state index in [1.807, 2.05) is 18.7 Å². The van der Waals surface area contributed by atoms with Crippen LogP contribution in [0.25, 0.3) is 0 Å². The van der Waals surface area contributed by atoms with Crippen LogP contribution >= 0.6 is 11.8 Å². The van der Waals surface area contributed by atoms with Crippen LogP contribution in [0.5, 0.6) is 0 Å². The lowest BCUT2D eigenvalue weighted by atomic mass is 10.3. The molecule has 1 aromatic heterocycles. The number of hydrogen-bond acceptors (Lipinski definition) is 4. The summed E-state index contributed by atoms with van der Waals surface area (Å²) in [4.78, 5) is 11.2. The van der Waals surface area contributed by atoms with E-state index in [4.69, 9.17) is 0 Å². The highest BCUT2D eigenvalue weighted by Gasteiger charge is 2.12. The van der Waals surface area contributed by atoms with E-state index in [-0.39, 0.29) is 0 Å². The number of nitrogens with zero attached hydrogens (tertiary/aromatic N) is 3. The quantitative estimate of drug-likeness (QED) is 0.779. The molecule has 1 rings (SSSR count). The highest BCUT2D eigenvalue weighted by atomic mass is 32.2. The standard InChI is InChI=1S/C13H23N3S/c1-6-12-8-13(15-11(4)14-12)16(5)10(3)9-17-7-2/h8,10H,6-7,9H2,1-5H3. The van der Waals surface area contributed by atoms with E-state index in [2.05, 4.69) is 48.8 Å². The summed E-state index contributed by atoms with van der Waals surface area (Å²) in [5, 5.41) is 0. The first-order chi connectivity index (χ1) is 8.08. The van der Waals surface area contributed by atoms with E-state index < -0.39 is 0 Å². The number of aromatic nitrogens is 2. The Morgan fingerprint density at radius 2 is 2.06 bits per heavy atom. The van der Waals surface area contributed by atoms with Crippen LogP contribution in [-0.4, -0.2) is 34.6 Å². The molecule has 0 saturated carbocycles. The Bertz CT molecular complexity index is 355. The molecule has 17 heavy (non-hydrogen) atoms. The van der Waals surface area contributed by atoms with Crippen molar-refractivity contribution in [2.24, 2.45) is 0 Å². The minimum absolute atomic E-state index is 0.499. The number of rotatable bonds is 6. The second kappa shape index (κ2) is 6.84. The monoisotopic (exact) mass is 253 g/mol. The predicted molar refractivity (Wildman–Crippen MR) is 77.0 cm³/mol. The van der Waals surface area contributed by atoms with Crippen molar-refractivity contribution in [3.8, 4) is 0 Å². The van der Waals surface area contributed by atoms with Crippen LogP contribution < -0.4 is 4.90 Å². The van der Waals surface area contributed by atoms with Crippen LogP contribution in [0.1, 0.15) is 32.3 Å². The molecule has 1 heterocycles. The zero-order valence-electron chi connectivity index (χ0n) is 11.5. The summed E-state index contributed by atoms with van der Waals surface area (Å²) in [6.07, 6.45) is 0.961. The van der Waals surface area contributed by atoms with Crippen LogP contribution in [0.4, 0.5) is 5.82 Å². The molecule has 0 aliphatic carbocycles. The van der Waals surface area contributed by atoms with Gasteiger partial charge in [-0.05, 0) is 26.0 Å². The third-order valence-corrected chi connectivity index (χ3v) is 3.95. The molecular weight excluding hydrogens is 230 g/mol. The van der Waals surface area contributed by atoms with E-state index >= 15 is 0 Å². The summed E-state index contributed by atoms with van der Waals surface area (Å²) in [6.45, 7) is 8.52. The lowest BCUT2D eigenvalue weighted by Crippen LogP contribution is -2.32. The van der Waals surface area contributed by atoms with E-state index in [1.165, 1.54) is 5.75 Å². The van der Waals surface area contributed by atoms with Gasteiger partial charge in [-0.2, -0.15) is 11.8 Å². The zero-order valence-corrected chi connectivity index (χ0v) is 12.3. The fraction of sp³-hybridized carbons (Fsp3) is 0.692. The van der Waals surface area contributed by atoms with Crippen molar-refractivity contribution in [1.29, 1.82) is 0 Å². The molecule has 0 N–H and O–H groups in total. The molecule has 0 amide bonds. The van der Waals surface area contributed by atoms with E-state index in [9.17, 15) is 0 Å². The Morgan fingerprint density at radius 1 is 1.35 bits per heavy atom. The maximum Gasteiger partial charge on any atom is 0.132 e. The van der Waals surface area contributed by atoms with Crippen LogP contribution in [0, 0.1) is 6.92 Å². The van der Waals surface area contributed by atoms with Crippen LogP contribution in [0.3, 0.4) is 0 Å². The molecule has 0 aliphatic heterocycles. The lowest BCUT2D eigenvalue weighted by molar-refractivity contribution is 0.745. The average Bonchev–Trinajstić information content (AvgIpc) is 2.34.